The molecule has 7 nitrogen and oxygen atoms in total. The Morgan fingerprint density at radius 3 is 3.12 bits per heavy atom. The van der Waals surface area contributed by atoms with Crippen molar-refractivity contribution in [3.8, 4) is 0 Å². The van der Waals surface area contributed by atoms with Gasteiger partial charge in [0.2, 0.25) is 5.95 Å². The van der Waals surface area contributed by atoms with Gasteiger partial charge in [0, 0.05) is 13.1 Å². The minimum Gasteiger partial charge on any atom is -0.368 e. The van der Waals surface area contributed by atoms with Gasteiger partial charge in [0.1, 0.15) is 11.3 Å². The summed E-state index contributed by atoms with van der Waals surface area (Å²) in [5.74, 6) is 1.76. The summed E-state index contributed by atoms with van der Waals surface area (Å²) in [6.07, 6.45) is 3.24. The van der Waals surface area contributed by atoms with Crippen LogP contribution in [0.15, 0.2) is 12.5 Å². The smallest absolute Gasteiger partial charge is 0.222 e. The molecule has 88 valence electrons. The zero-order chi connectivity index (χ0) is 11.8. The lowest BCUT2D eigenvalue weighted by Crippen LogP contribution is -2.34. The zero-order valence-electron chi connectivity index (χ0n) is 8.91. The van der Waals surface area contributed by atoms with E-state index in [9.17, 15) is 0 Å². The van der Waals surface area contributed by atoms with Crippen molar-refractivity contribution in [1.82, 2.24) is 24.7 Å². The van der Waals surface area contributed by atoms with E-state index in [0.717, 1.165) is 18.9 Å². The van der Waals surface area contributed by atoms with Crippen LogP contribution in [0.4, 0.5) is 11.8 Å². The van der Waals surface area contributed by atoms with E-state index in [0.29, 0.717) is 17.4 Å². The van der Waals surface area contributed by atoms with Crippen LogP contribution in [0.3, 0.4) is 0 Å². The molecule has 2 aromatic heterocycles. The third-order valence-electron chi connectivity index (χ3n) is 2.68. The molecule has 3 rings (SSSR count). The van der Waals surface area contributed by atoms with Crippen LogP contribution in [0.25, 0.3) is 0 Å². The van der Waals surface area contributed by atoms with E-state index in [1.807, 2.05) is 9.47 Å². The molecule has 0 aliphatic carbocycles. The van der Waals surface area contributed by atoms with E-state index >= 15 is 0 Å². The van der Waals surface area contributed by atoms with Crippen molar-refractivity contribution >= 4 is 23.4 Å². The van der Waals surface area contributed by atoms with E-state index in [1.54, 1.807) is 6.33 Å². The number of nitrogen functional groups attached to an aromatic ring is 1. The van der Waals surface area contributed by atoms with Crippen molar-refractivity contribution < 1.29 is 0 Å². The Kier molecular flexibility index (Phi) is 2.32. The summed E-state index contributed by atoms with van der Waals surface area (Å²) in [4.78, 5) is 10.0. The van der Waals surface area contributed by atoms with Gasteiger partial charge in [-0.25, -0.2) is 4.98 Å². The van der Waals surface area contributed by atoms with Crippen molar-refractivity contribution in [2.24, 2.45) is 0 Å². The number of nitrogens with zero attached hydrogens (tertiary/aromatic N) is 6. The van der Waals surface area contributed by atoms with Gasteiger partial charge in [-0.3, -0.25) is 0 Å². The first-order chi connectivity index (χ1) is 8.24. The van der Waals surface area contributed by atoms with Gasteiger partial charge >= 0.3 is 0 Å². The molecule has 0 unspecified atom stereocenters. The van der Waals surface area contributed by atoms with E-state index in [-0.39, 0.29) is 5.95 Å². The second-order valence-electron chi connectivity index (χ2n) is 3.76. The minimum absolute atomic E-state index is 0.219. The van der Waals surface area contributed by atoms with Gasteiger partial charge in [-0.1, -0.05) is 11.6 Å². The first kappa shape index (κ1) is 10.3. The Bertz CT molecular complexity index is 552. The number of hydrogen-bond donors (Lipinski definition) is 1. The number of fused-ring (bicyclic) bond motifs is 1. The molecular formula is C9H10ClN7. The molecule has 0 spiro atoms. The highest BCUT2D eigenvalue weighted by Crippen LogP contribution is 2.25. The summed E-state index contributed by atoms with van der Waals surface area (Å²) in [7, 11) is 0. The van der Waals surface area contributed by atoms with E-state index in [1.165, 1.54) is 6.20 Å². The van der Waals surface area contributed by atoms with Gasteiger partial charge in [0.15, 0.2) is 11.6 Å². The molecule has 2 aromatic rings. The van der Waals surface area contributed by atoms with Crippen molar-refractivity contribution in [3.63, 3.8) is 0 Å². The number of nitrogens with two attached hydrogens (primary N) is 1. The SMILES string of the molecule is Nc1ncc(Cl)c(N2CCn3cnnc3C2)n1. The maximum absolute atomic E-state index is 6.07. The second kappa shape index (κ2) is 3.85. The summed E-state index contributed by atoms with van der Waals surface area (Å²) >= 11 is 6.07. The van der Waals surface area contributed by atoms with Gasteiger partial charge in [-0.2, -0.15) is 4.98 Å². The fraction of sp³-hybridized carbons (Fsp3) is 0.333. The van der Waals surface area contributed by atoms with Crippen LogP contribution in [0.5, 0.6) is 0 Å². The molecule has 0 radical (unpaired) electrons. The predicted molar refractivity (Wildman–Crippen MR) is 62.5 cm³/mol. The van der Waals surface area contributed by atoms with Crippen molar-refractivity contribution in [1.29, 1.82) is 0 Å². The van der Waals surface area contributed by atoms with Gasteiger partial charge < -0.3 is 15.2 Å². The first-order valence-electron chi connectivity index (χ1n) is 5.13. The maximum atomic E-state index is 6.07. The molecule has 1 aliphatic rings. The van der Waals surface area contributed by atoms with Crippen LogP contribution in [-0.4, -0.2) is 31.3 Å². The first-order valence-corrected chi connectivity index (χ1v) is 5.51. The van der Waals surface area contributed by atoms with Crippen LogP contribution in [0.1, 0.15) is 5.82 Å². The van der Waals surface area contributed by atoms with Crippen LogP contribution < -0.4 is 10.6 Å². The molecule has 8 heteroatoms. The van der Waals surface area contributed by atoms with Crippen LogP contribution in [-0.2, 0) is 13.1 Å². The monoisotopic (exact) mass is 251 g/mol. The zero-order valence-corrected chi connectivity index (χ0v) is 9.67. The Balaban J connectivity index is 1.94. The van der Waals surface area contributed by atoms with Crippen LogP contribution in [0.2, 0.25) is 5.02 Å². The quantitative estimate of drug-likeness (QED) is 0.786. The van der Waals surface area contributed by atoms with Gasteiger partial charge in [0.25, 0.3) is 0 Å². The average molecular weight is 252 g/mol. The van der Waals surface area contributed by atoms with Gasteiger partial charge in [0.05, 0.1) is 12.7 Å². The van der Waals surface area contributed by atoms with Gasteiger partial charge in [-0.15, -0.1) is 10.2 Å². The highest BCUT2D eigenvalue weighted by atomic mass is 35.5. The fourth-order valence-corrected chi connectivity index (χ4v) is 2.05. The number of aromatic nitrogens is 5. The minimum atomic E-state index is 0.219. The third kappa shape index (κ3) is 1.78. The van der Waals surface area contributed by atoms with Gasteiger partial charge in [-0.05, 0) is 0 Å². The van der Waals surface area contributed by atoms with Crippen molar-refractivity contribution in [2.45, 2.75) is 13.1 Å². The average Bonchev–Trinajstić information content (AvgIpc) is 2.79. The Hall–Kier alpha value is -1.89. The number of hydrogen-bond acceptors (Lipinski definition) is 6. The van der Waals surface area contributed by atoms with E-state index < -0.39 is 0 Å². The Labute approximate surface area is 102 Å². The number of anilines is 2. The molecule has 0 saturated heterocycles. The summed E-state index contributed by atoms with van der Waals surface area (Å²) < 4.78 is 2.01. The normalized spacial score (nSPS) is 14.8. The lowest BCUT2D eigenvalue weighted by Gasteiger charge is -2.28. The molecule has 2 N–H and O–H groups in total. The Morgan fingerprint density at radius 2 is 2.24 bits per heavy atom. The molecule has 3 heterocycles. The van der Waals surface area contributed by atoms with Crippen LogP contribution in [0, 0.1) is 0 Å². The molecule has 17 heavy (non-hydrogen) atoms. The fourth-order valence-electron chi connectivity index (χ4n) is 1.84. The standard InChI is InChI=1S/C9H10ClN7/c10-6-3-12-9(11)14-8(6)16-1-2-17-5-13-15-7(17)4-16/h3,5H,1-2,4H2,(H2,11,12,14). The highest BCUT2D eigenvalue weighted by Gasteiger charge is 2.20. The number of rotatable bonds is 1. The third-order valence-corrected chi connectivity index (χ3v) is 2.95. The largest absolute Gasteiger partial charge is 0.368 e. The molecule has 0 saturated carbocycles. The van der Waals surface area contributed by atoms with Crippen molar-refractivity contribution in [2.75, 3.05) is 17.2 Å². The predicted octanol–water partition coefficient (Wildman–Crippen LogP) is 0.324. The molecule has 0 atom stereocenters. The summed E-state index contributed by atoms with van der Waals surface area (Å²) in [5.41, 5.74) is 5.57. The summed E-state index contributed by atoms with van der Waals surface area (Å²) in [6, 6.07) is 0. The summed E-state index contributed by atoms with van der Waals surface area (Å²) in [5, 5.41) is 8.40. The Morgan fingerprint density at radius 1 is 1.35 bits per heavy atom. The molecule has 1 aliphatic heterocycles. The topological polar surface area (TPSA) is 85.8 Å². The van der Waals surface area contributed by atoms with E-state index in [2.05, 4.69) is 20.2 Å². The second-order valence-corrected chi connectivity index (χ2v) is 4.17. The molecular weight excluding hydrogens is 242 g/mol. The highest BCUT2D eigenvalue weighted by molar-refractivity contribution is 6.32. The molecule has 0 fully saturated rings. The number of halogens is 1. The van der Waals surface area contributed by atoms with Crippen molar-refractivity contribution in [3.05, 3.63) is 23.4 Å². The maximum Gasteiger partial charge on any atom is 0.222 e. The lowest BCUT2D eigenvalue weighted by atomic mass is 10.3. The lowest BCUT2D eigenvalue weighted by molar-refractivity contribution is 0.556. The molecule has 0 aromatic carbocycles. The van der Waals surface area contributed by atoms with Crippen LogP contribution >= 0.6 is 11.6 Å². The molecule has 0 amide bonds. The summed E-state index contributed by atoms with van der Waals surface area (Å²) in [6.45, 7) is 2.22. The molecule has 0 bridgehead atoms. The van der Waals surface area contributed by atoms with E-state index in [4.69, 9.17) is 17.3 Å².